The first-order valence-corrected chi connectivity index (χ1v) is 5.50. The van der Waals surface area contributed by atoms with Crippen molar-refractivity contribution in [3.63, 3.8) is 0 Å². The lowest BCUT2D eigenvalue weighted by Gasteiger charge is -2.40. The standard InChI is InChI=1S/C12H15NO2/c14-12-8-3-1-2-4-10(8)15-11-5-6-13-7-9(11)12/h1-4,9,11-14H,5-7H2. The molecule has 0 bridgehead atoms. The van der Waals surface area contributed by atoms with E-state index in [-0.39, 0.29) is 18.1 Å². The maximum atomic E-state index is 10.2. The van der Waals surface area contributed by atoms with Crippen LogP contribution in [0.5, 0.6) is 5.75 Å². The first-order valence-electron chi connectivity index (χ1n) is 5.50. The van der Waals surface area contributed by atoms with E-state index in [1.807, 2.05) is 24.3 Å². The summed E-state index contributed by atoms with van der Waals surface area (Å²) in [4.78, 5) is 0. The number of ether oxygens (including phenoxy) is 1. The third-order valence-corrected chi connectivity index (χ3v) is 3.38. The van der Waals surface area contributed by atoms with Crippen molar-refractivity contribution < 1.29 is 9.84 Å². The number of aliphatic hydroxyl groups excluding tert-OH is 1. The molecule has 0 amide bonds. The molecule has 3 atom stereocenters. The molecule has 0 saturated carbocycles. The van der Waals surface area contributed by atoms with Gasteiger partial charge in [0.05, 0.1) is 6.10 Å². The third-order valence-electron chi connectivity index (χ3n) is 3.38. The fourth-order valence-electron chi connectivity index (χ4n) is 2.55. The van der Waals surface area contributed by atoms with Gasteiger partial charge in [-0.1, -0.05) is 18.2 Å². The molecule has 80 valence electrons. The van der Waals surface area contributed by atoms with Crippen molar-refractivity contribution in [2.45, 2.75) is 18.6 Å². The Bertz CT molecular complexity index is 366. The van der Waals surface area contributed by atoms with E-state index in [1.54, 1.807) is 0 Å². The average Bonchev–Trinajstić information content (AvgIpc) is 2.30. The smallest absolute Gasteiger partial charge is 0.125 e. The Hall–Kier alpha value is -1.06. The molecule has 0 aromatic heterocycles. The molecule has 1 aromatic rings. The highest BCUT2D eigenvalue weighted by Gasteiger charge is 2.38. The molecule has 3 nitrogen and oxygen atoms in total. The van der Waals surface area contributed by atoms with Crippen LogP contribution in [0.2, 0.25) is 0 Å². The van der Waals surface area contributed by atoms with Crippen molar-refractivity contribution in [1.82, 2.24) is 5.32 Å². The molecule has 3 unspecified atom stereocenters. The summed E-state index contributed by atoms with van der Waals surface area (Å²) >= 11 is 0. The predicted octanol–water partition coefficient (Wildman–Crippen LogP) is 1.09. The number of rotatable bonds is 0. The molecule has 2 aliphatic heterocycles. The van der Waals surface area contributed by atoms with E-state index < -0.39 is 0 Å². The van der Waals surface area contributed by atoms with Crippen LogP contribution >= 0.6 is 0 Å². The van der Waals surface area contributed by atoms with Gasteiger partial charge in [0.25, 0.3) is 0 Å². The minimum absolute atomic E-state index is 0.177. The maximum absolute atomic E-state index is 10.2. The van der Waals surface area contributed by atoms with E-state index in [2.05, 4.69) is 5.32 Å². The van der Waals surface area contributed by atoms with Gasteiger partial charge in [-0.05, 0) is 19.0 Å². The molecule has 2 aliphatic rings. The van der Waals surface area contributed by atoms with Crippen LogP contribution in [0.15, 0.2) is 24.3 Å². The Labute approximate surface area is 89.1 Å². The van der Waals surface area contributed by atoms with Crippen LogP contribution < -0.4 is 10.1 Å². The number of hydrogen-bond acceptors (Lipinski definition) is 3. The average molecular weight is 205 g/mol. The van der Waals surface area contributed by atoms with E-state index >= 15 is 0 Å². The van der Waals surface area contributed by atoms with Gasteiger partial charge < -0.3 is 15.2 Å². The SMILES string of the molecule is OC1c2ccccc2OC2CCNCC21. The lowest BCUT2D eigenvalue weighted by molar-refractivity contribution is -0.0154. The number of benzene rings is 1. The Kier molecular flexibility index (Phi) is 2.15. The summed E-state index contributed by atoms with van der Waals surface area (Å²) < 4.78 is 5.91. The summed E-state index contributed by atoms with van der Waals surface area (Å²) in [6.45, 7) is 1.83. The molecule has 3 rings (SSSR count). The summed E-state index contributed by atoms with van der Waals surface area (Å²) in [7, 11) is 0. The van der Waals surface area contributed by atoms with Crippen molar-refractivity contribution in [3.05, 3.63) is 29.8 Å². The Morgan fingerprint density at radius 2 is 2.20 bits per heavy atom. The third kappa shape index (κ3) is 1.43. The number of piperidine rings is 1. The molecule has 1 saturated heterocycles. The van der Waals surface area contributed by atoms with Crippen molar-refractivity contribution >= 4 is 0 Å². The van der Waals surface area contributed by atoms with E-state index in [1.165, 1.54) is 0 Å². The number of nitrogens with one attached hydrogen (secondary N) is 1. The second kappa shape index (κ2) is 3.51. The largest absolute Gasteiger partial charge is 0.490 e. The quantitative estimate of drug-likeness (QED) is 0.666. The molecular weight excluding hydrogens is 190 g/mol. The number of fused-ring (bicyclic) bond motifs is 2. The van der Waals surface area contributed by atoms with Crippen LogP contribution in [0.4, 0.5) is 0 Å². The van der Waals surface area contributed by atoms with Crippen molar-refractivity contribution in [2.75, 3.05) is 13.1 Å². The van der Waals surface area contributed by atoms with Crippen LogP contribution in [0, 0.1) is 5.92 Å². The van der Waals surface area contributed by atoms with Crippen molar-refractivity contribution in [2.24, 2.45) is 5.92 Å². The van der Waals surface area contributed by atoms with E-state index in [9.17, 15) is 5.11 Å². The molecular formula is C12H15NO2. The van der Waals surface area contributed by atoms with E-state index in [0.717, 1.165) is 30.8 Å². The molecule has 0 radical (unpaired) electrons. The topological polar surface area (TPSA) is 41.5 Å². The molecule has 0 spiro atoms. The molecule has 1 aromatic carbocycles. The highest BCUT2D eigenvalue weighted by atomic mass is 16.5. The second-order valence-electron chi connectivity index (χ2n) is 4.30. The minimum Gasteiger partial charge on any atom is -0.490 e. The van der Waals surface area contributed by atoms with Crippen molar-refractivity contribution in [1.29, 1.82) is 0 Å². The first-order chi connectivity index (χ1) is 7.36. The van der Waals surface area contributed by atoms with Crippen LogP contribution in [-0.2, 0) is 0 Å². The Morgan fingerprint density at radius 3 is 3.13 bits per heavy atom. The maximum Gasteiger partial charge on any atom is 0.125 e. The number of para-hydroxylation sites is 1. The zero-order valence-electron chi connectivity index (χ0n) is 8.52. The fourth-order valence-corrected chi connectivity index (χ4v) is 2.55. The number of aliphatic hydroxyl groups is 1. The minimum atomic E-state index is -0.382. The van der Waals surface area contributed by atoms with Gasteiger partial charge in [-0.3, -0.25) is 0 Å². The van der Waals surface area contributed by atoms with Gasteiger partial charge in [0.2, 0.25) is 0 Å². The molecule has 3 heteroatoms. The van der Waals surface area contributed by atoms with Gasteiger partial charge in [-0.25, -0.2) is 0 Å². The summed E-state index contributed by atoms with van der Waals surface area (Å²) in [6, 6.07) is 7.79. The Morgan fingerprint density at radius 1 is 1.33 bits per heavy atom. The predicted molar refractivity (Wildman–Crippen MR) is 56.8 cm³/mol. The van der Waals surface area contributed by atoms with Gasteiger partial charge >= 0.3 is 0 Å². The van der Waals surface area contributed by atoms with Gasteiger partial charge in [0.1, 0.15) is 11.9 Å². The zero-order valence-corrected chi connectivity index (χ0v) is 8.52. The first kappa shape index (κ1) is 9.19. The van der Waals surface area contributed by atoms with Crippen LogP contribution in [0.1, 0.15) is 18.1 Å². The normalized spacial score (nSPS) is 33.8. The molecule has 2 heterocycles. The summed E-state index contributed by atoms with van der Waals surface area (Å²) in [5.74, 6) is 1.06. The molecule has 2 N–H and O–H groups in total. The summed E-state index contributed by atoms with van der Waals surface area (Å²) in [5.41, 5.74) is 0.933. The molecule has 1 fully saturated rings. The summed E-state index contributed by atoms with van der Waals surface area (Å²) in [5, 5.41) is 13.5. The van der Waals surface area contributed by atoms with Crippen molar-refractivity contribution in [3.8, 4) is 5.75 Å². The van der Waals surface area contributed by atoms with Gasteiger partial charge in [-0.15, -0.1) is 0 Å². The van der Waals surface area contributed by atoms with E-state index in [0.29, 0.717) is 0 Å². The van der Waals surface area contributed by atoms with Gasteiger partial charge in [-0.2, -0.15) is 0 Å². The van der Waals surface area contributed by atoms with Crippen LogP contribution in [-0.4, -0.2) is 24.3 Å². The second-order valence-corrected chi connectivity index (χ2v) is 4.30. The number of hydrogen-bond donors (Lipinski definition) is 2. The lowest BCUT2D eigenvalue weighted by Crippen LogP contribution is -2.47. The monoisotopic (exact) mass is 205 g/mol. The fraction of sp³-hybridized carbons (Fsp3) is 0.500. The van der Waals surface area contributed by atoms with E-state index in [4.69, 9.17) is 4.74 Å². The zero-order chi connectivity index (χ0) is 10.3. The Balaban J connectivity index is 1.98. The molecule has 0 aliphatic carbocycles. The van der Waals surface area contributed by atoms with Crippen LogP contribution in [0.3, 0.4) is 0 Å². The van der Waals surface area contributed by atoms with Gasteiger partial charge in [0.15, 0.2) is 0 Å². The van der Waals surface area contributed by atoms with Gasteiger partial charge in [0, 0.05) is 18.0 Å². The summed E-state index contributed by atoms with van der Waals surface area (Å²) in [6.07, 6.45) is 0.777. The molecule has 15 heavy (non-hydrogen) atoms. The highest BCUT2D eigenvalue weighted by molar-refractivity contribution is 5.37. The highest BCUT2D eigenvalue weighted by Crippen LogP contribution is 2.39. The lowest BCUT2D eigenvalue weighted by atomic mass is 9.84. The van der Waals surface area contributed by atoms with Crippen LogP contribution in [0.25, 0.3) is 0 Å².